The Balaban J connectivity index is 2.52. The minimum Gasteiger partial charge on any atom is -0.443 e. The fraction of sp³-hybridized carbons (Fsp3) is 0.500. The van der Waals surface area contributed by atoms with E-state index in [1.165, 1.54) is 0 Å². The molecule has 27 heavy (non-hydrogen) atoms. The third-order valence-corrected chi connectivity index (χ3v) is 4.61. The number of carbonyl (C=O) groups excluding carboxylic acids is 2. The van der Waals surface area contributed by atoms with Gasteiger partial charge in [-0.05, 0) is 75.2 Å². The monoisotopic (exact) mass is 458 g/mol. The lowest BCUT2D eigenvalue weighted by Gasteiger charge is -2.27. The minimum absolute atomic E-state index is 0.129. The van der Waals surface area contributed by atoms with Crippen LogP contribution in [0.25, 0.3) is 10.2 Å². The number of hydrogen-bond acceptors (Lipinski definition) is 7. The molecule has 0 radical (unpaired) electrons. The maximum atomic E-state index is 12.7. The second-order valence-corrected chi connectivity index (χ2v) is 9.74. The number of imide groups is 1. The first-order valence-electron chi connectivity index (χ1n) is 8.26. The summed E-state index contributed by atoms with van der Waals surface area (Å²) in [5.74, 6) is 0. The van der Waals surface area contributed by atoms with Crippen molar-refractivity contribution in [3.63, 3.8) is 0 Å². The maximum Gasteiger partial charge on any atom is 0.426 e. The molecule has 2 amide bonds. The van der Waals surface area contributed by atoms with E-state index in [0.717, 1.165) is 16.2 Å². The van der Waals surface area contributed by atoms with Crippen molar-refractivity contribution in [3.8, 4) is 0 Å². The van der Waals surface area contributed by atoms with E-state index in [1.54, 1.807) is 53.7 Å². The molecule has 0 fully saturated rings. The van der Waals surface area contributed by atoms with Gasteiger partial charge in [0.25, 0.3) is 0 Å². The highest BCUT2D eigenvalue weighted by molar-refractivity contribution is 9.10. The summed E-state index contributed by atoms with van der Waals surface area (Å²) >= 11 is 4.53. The van der Waals surface area contributed by atoms with Gasteiger partial charge in [-0.25, -0.2) is 14.6 Å². The van der Waals surface area contributed by atoms with Crippen LogP contribution in [0.3, 0.4) is 0 Å². The Bertz CT molecular complexity index is 839. The average molecular weight is 459 g/mol. The van der Waals surface area contributed by atoms with Gasteiger partial charge in [-0.1, -0.05) is 11.3 Å². The fourth-order valence-electron chi connectivity index (χ4n) is 2.06. The summed E-state index contributed by atoms with van der Waals surface area (Å²) in [6.07, 6.45) is -1.73. The van der Waals surface area contributed by atoms with Crippen LogP contribution in [0.2, 0.25) is 0 Å². The topological polar surface area (TPSA) is 89.0 Å². The van der Waals surface area contributed by atoms with Crippen molar-refractivity contribution < 1.29 is 24.2 Å². The summed E-state index contributed by atoms with van der Waals surface area (Å²) in [6.45, 7) is 10.1. The number of anilines is 1. The molecule has 0 saturated carbocycles. The Morgan fingerprint density at radius 3 is 2.07 bits per heavy atom. The molecule has 1 heterocycles. The van der Waals surface area contributed by atoms with Crippen molar-refractivity contribution in [1.29, 1.82) is 0 Å². The number of aromatic nitrogens is 1. The van der Waals surface area contributed by atoms with Gasteiger partial charge in [-0.3, -0.25) is 0 Å². The first-order valence-corrected chi connectivity index (χ1v) is 9.87. The standard InChI is InChI=1S/C18H23BrN2O5S/c1-17(2,3)25-15(23)21(16(24)26-18(4,5)6)14-20-13-11(19)7-10(9-22)8-12(13)27-14/h7-8,22H,9H2,1-6H3. The van der Waals surface area contributed by atoms with Gasteiger partial charge in [0.05, 0.1) is 16.8 Å². The number of aliphatic hydroxyl groups excluding tert-OH is 1. The molecular weight excluding hydrogens is 436 g/mol. The number of thiazole rings is 1. The molecule has 7 nitrogen and oxygen atoms in total. The number of nitrogens with zero attached hydrogens (tertiary/aromatic N) is 2. The van der Waals surface area contributed by atoms with E-state index in [-0.39, 0.29) is 11.7 Å². The lowest BCUT2D eigenvalue weighted by Crippen LogP contribution is -2.43. The molecule has 2 aromatic rings. The number of aliphatic hydroxyl groups is 1. The van der Waals surface area contributed by atoms with Crippen LogP contribution in [-0.2, 0) is 16.1 Å². The maximum absolute atomic E-state index is 12.7. The molecule has 0 aliphatic heterocycles. The summed E-state index contributed by atoms with van der Waals surface area (Å²) in [6, 6.07) is 3.49. The van der Waals surface area contributed by atoms with Gasteiger partial charge >= 0.3 is 12.2 Å². The van der Waals surface area contributed by atoms with Gasteiger partial charge in [-0.15, -0.1) is 0 Å². The molecule has 1 aromatic carbocycles. The number of rotatable bonds is 2. The van der Waals surface area contributed by atoms with Crippen molar-refractivity contribution in [2.24, 2.45) is 0 Å². The zero-order chi connectivity index (χ0) is 20.6. The highest BCUT2D eigenvalue weighted by Crippen LogP contribution is 2.35. The van der Waals surface area contributed by atoms with E-state index in [9.17, 15) is 14.7 Å². The lowest BCUT2D eigenvalue weighted by atomic mass is 10.2. The Hall–Kier alpha value is -1.71. The molecule has 0 bridgehead atoms. The first-order chi connectivity index (χ1) is 12.3. The van der Waals surface area contributed by atoms with Crippen LogP contribution in [-0.4, -0.2) is 33.5 Å². The van der Waals surface area contributed by atoms with Gasteiger partial charge < -0.3 is 14.6 Å². The number of halogens is 1. The SMILES string of the molecule is CC(C)(C)OC(=O)N(C(=O)OC(C)(C)C)c1nc2c(Br)cc(CO)cc2s1. The van der Waals surface area contributed by atoms with Gasteiger partial charge in [-0.2, -0.15) is 4.90 Å². The molecule has 0 atom stereocenters. The van der Waals surface area contributed by atoms with E-state index in [0.29, 0.717) is 20.3 Å². The minimum atomic E-state index is -0.866. The van der Waals surface area contributed by atoms with Crippen molar-refractivity contribution in [1.82, 2.24) is 4.98 Å². The highest BCUT2D eigenvalue weighted by Gasteiger charge is 2.35. The second kappa shape index (κ2) is 7.73. The number of carbonyl (C=O) groups is 2. The van der Waals surface area contributed by atoms with Crippen LogP contribution >= 0.6 is 27.3 Å². The van der Waals surface area contributed by atoms with Crippen LogP contribution in [0.4, 0.5) is 14.7 Å². The third kappa shape index (κ3) is 5.63. The molecule has 2 rings (SSSR count). The van der Waals surface area contributed by atoms with Gasteiger partial charge in [0.1, 0.15) is 11.2 Å². The zero-order valence-electron chi connectivity index (χ0n) is 16.1. The highest BCUT2D eigenvalue weighted by atomic mass is 79.9. The number of fused-ring (bicyclic) bond motifs is 1. The first kappa shape index (κ1) is 21.6. The summed E-state index contributed by atoms with van der Waals surface area (Å²) in [5, 5.41) is 9.50. The normalized spacial score (nSPS) is 12.1. The number of amides is 2. The molecule has 0 unspecified atom stereocenters. The summed E-state index contributed by atoms with van der Waals surface area (Å²) < 4.78 is 12.1. The van der Waals surface area contributed by atoms with Crippen LogP contribution in [0.5, 0.6) is 0 Å². The van der Waals surface area contributed by atoms with E-state index in [1.807, 2.05) is 0 Å². The lowest BCUT2D eigenvalue weighted by molar-refractivity contribution is 0.0431. The molecule has 148 valence electrons. The Kier molecular flexibility index (Phi) is 6.18. The van der Waals surface area contributed by atoms with E-state index in [4.69, 9.17) is 9.47 Å². The van der Waals surface area contributed by atoms with E-state index in [2.05, 4.69) is 20.9 Å². The Morgan fingerprint density at radius 2 is 1.63 bits per heavy atom. The van der Waals surface area contributed by atoms with Crippen molar-refractivity contribution in [2.45, 2.75) is 59.4 Å². The molecule has 1 N–H and O–H groups in total. The predicted molar refractivity (Wildman–Crippen MR) is 108 cm³/mol. The van der Waals surface area contributed by atoms with E-state index >= 15 is 0 Å². The molecule has 0 aliphatic rings. The van der Waals surface area contributed by atoms with Crippen molar-refractivity contribution in [2.75, 3.05) is 4.90 Å². The van der Waals surface area contributed by atoms with Crippen LogP contribution < -0.4 is 4.90 Å². The largest absolute Gasteiger partial charge is 0.443 e. The van der Waals surface area contributed by atoms with Crippen LogP contribution in [0, 0.1) is 0 Å². The molecule has 1 aromatic heterocycles. The van der Waals surface area contributed by atoms with Gasteiger partial charge in [0.2, 0.25) is 5.13 Å². The smallest absolute Gasteiger partial charge is 0.426 e. The molecule has 9 heteroatoms. The Morgan fingerprint density at radius 1 is 1.11 bits per heavy atom. The van der Waals surface area contributed by atoms with Crippen LogP contribution in [0.1, 0.15) is 47.1 Å². The van der Waals surface area contributed by atoms with Crippen molar-refractivity contribution in [3.05, 3.63) is 22.2 Å². The third-order valence-electron chi connectivity index (χ3n) is 3.02. The number of hydrogen-bond donors (Lipinski definition) is 1. The molecule has 0 spiro atoms. The van der Waals surface area contributed by atoms with Gasteiger partial charge in [0.15, 0.2) is 0 Å². The zero-order valence-corrected chi connectivity index (χ0v) is 18.5. The molecule has 0 saturated heterocycles. The fourth-order valence-corrected chi connectivity index (χ4v) is 3.83. The summed E-state index contributed by atoms with van der Waals surface area (Å²) in [5.41, 5.74) is -0.327. The quantitative estimate of drug-likeness (QED) is 0.662. The molecule has 0 aliphatic carbocycles. The Labute approximate surface area is 170 Å². The van der Waals surface area contributed by atoms with Gasteiger partial charge in [0, 0.05) is 4.47 Å². The van der Waals surface area contributed by atoms with E-state index < -0.39 is 23.4 Å². The summed E-state index contributed by atoms with van der Waals surface area (Å²) in [4.78, 5) is 30.6. The molecular formula is C18H23BrN2O5S. The predicted octanol–water partition coefficient (Wildman–Crippen LogP) is 5.23. The number of benzene rings is 1. The summed E-state index contributed by atoms with van der Waals surface area (Å²) in [7, 11) is 0. The van der Waals surface area contributed by atoms with Crippen molar-refractivity contribution >= 4 is 54.8 Å². The average Bonchev–Trinajstić information content (AvgIpc) is 2.87. The number of ether oxygens (including phenoxy) is 2. The van der Waals surface area contributed by atoms with Crippen LogP contribution in [0.15, 0.2) is 16.6 Å². The second-order valence-electron chi connectivity index (χ2n) is 7.88.